The van der Waals surface area contributed by atoms with Gasteiger partial charge in [-0.25, -0.2) is 18.4 Å². The molecule has 34 heavy (non-hydrogen) atoms. The molecule has 8 nitrogen and oxygen atoms in total. The van der Waals surface area contributed by atoms with Crippen molar-refractivity contribution in [3.8, 4) is 17.0 Å². The molecule has 0 aliphatic carbocycles. The van der Waals surface area contributed by atoms with Crippen molar-refractivity contribution in [1.29, 1.82) is 0 Å². The summed E-state index contributed by atoms with van der Waals surface area (Å²) in [6, 6.07) is 13.0. The van der Waals surface area contributed by atoms with E-state index in [0.717, 1.165) is 10.4 Å². The molecule has 5 rings (SSSR count). The number of rotatable bonds is 6. The molecule has 1 saturated heterocycles. The minimum atomic E-state index is -3.10. The molecular weight excluding hydrogens is 472 g/mol. The number of aryl methyl sites for hydroxylation is 1. The van der Waals surface area contributed by atoms with Crippen molar-refractivity contribution in [2.75, 3.05) is 18.6 Å². The molecule has 0 bridgehead atoms. The number of imidazole rings is 1. The Morgan fingerprint density at radius 2 is 2.09 bits per heavy atom. The Morgan fingerprint density at radius 3 is 2.79 bits per heavy atom. The van der Waals surface area contributed by atoms with Crippen molar-refractivity contribution >= 4 is 38.1 Å². The van der Waals surface area contributed by atoms with Gasteiger partial charge in [-0.15, -0.1) is 11.3 Å². The van der Waals surface area contributed by atoms with Crippen LogP contribution in [0.15, 0.2) is 47.8 Å². The number of ether oxygens (including phenoxy) is 1. The average Bonchev–Trinajstić information content (AvgIpc) is 3.55. The zero-order valence-corrected chi connectivity index (χ0v) is 20.4. The van der Waals surface area contributed by atoms with Crippen molar-refractivity contribution in [3.63, 3.8) is 0 Å². The van der Waals surface area contributed by atoms with E-state index in [1.54, 1.807) is 18.4 Å². The lowest BCUT2D eigenvalue weighted by atomic mass is 10.1. The van der Waals surface area contributed by atoms with E-state index in [9.17, 15) is 13.2 Å². The third-order valence-corrected chi connectivity index (χ3v) is 8.64. The number of carbonyl (C=O) groups excluding carboxylic acids is 1. The minimum absolute atomic E-state index is 0.0655. The van der Waals surface area contributed by atoms with Crippen molar-refractivity contribution in [2.24, 2.45) is 0 Å². The van der Waals surface area contributed by atoms with Gasteiger partial charge in [-0.05, 0) is 43.0 Å². The molecule has 1 unspecified atom stereocenters. The van der Waals surface area contributed by atoms with Crippen LogP contribution in [0, 0.1) is 6.92 Å². The third-order valence-electron chi connectivity index (χ3n) is 6.01. The van der Waals surface area contributed by atoms with Gasteiger partial charge in [0.2, 0.25) is 0 Å². The molecule has 1 fully saturated rings. The second kappa shape index (κ2) is 8.84. The van der Waals surface area contributed by atoms with Crippen molar-refractivity contribution in [2.45, 2.75) is 25.9 Å². The lowest BCUT2D eigenvalue weighted by Crippen LogP contribution is -2.24. The van der Waals surface area contributed by atoms with E-state index in [4.69, 9.17) is 9.72 Å². The van der Waals surface area contributed by atoms with Gasteiger partial charge in [-0.3, -0.25) is 4.79 Å². The lowest BCUT2D eigenvalue weighted by Gasteiger charge is -2.15. The summed E-state index contributed by atoms with van der Waals surface area (Å²) in [5.41, 5.74) is 2.77. The van der Waals surface area contributed by atoms with Crippen LogP contribution in [0.1, 0.15) is 33.7 Å². The molecule has 1 aliphatic heterocycles. The SMILES string of the molecule is COc1cccc(-c2cc3c(nc(C)n3C3CCS(=O)(=O)C3)c(C(=O)NCc3cccs3)n2)c1. The summed E-state index contributed by atoms with van der Waals surface area (Å²) < 4.78 is 31.7. The molecule has 176 valence electrons. The maximum Gasteiger partial charge on any atom is 0.272 e. The topological polar surface area (TPSA) is 103 Å². The van der Waals surface area contributed by atoms with E-state index in [0.29, 0.717) is 41.3 Å². The van der Waals surface area contributed by atoms with Crippen LogP contribution >= 0.6 is 11.3 Å². The molecule has 4 heterocycles. The van der Waals surface area contributed by atoms with E-state index in [2.05, 4.69) is 10.3 Å². The number of aromatic nitrogens is 3. The highest BCUT2D eigenvalue weighted by molar-refractivity contribution is 7.91. The Labute approximate surface area is 201 Å². The number of pyridine rings is 1. The van der Waals surface area contributed by atoms with Crippen LogP contribution in [0.25, 0.3) is 22.3 Å². The molecule has 3 aromatic heterocycles. The number of hydrogen-bond acceptors (Lipinski definition) is 7. The summed E-state index contributed by atoms with van der Waals surface area (Å²) in [5, 5.41) is 4.91. The summed E-state index contributed by atoms with van der Waals surface area (Å²) in [4.78, 5) is 23.7. The minimum Gasteiger partial charge on any atom is -0.497 e. The maximum atomic E-state index is 13.3. The van der Waals surface area contributed by atoms with Gasteiger partial charge in [-0.1, -0.05) is 18.2 Å². The van der Waals surface area contributed by atoms with E-state index in [1.165, 1.54) is 0 Å². The van der Waals surface area contributed by atoms with Gasteiger partial charge in [-0.2, -0.15) is 0 Å². The Hall–Kier alpha value is -3.24. The van der Waals surface area contributed by atoms with Crippen LogP contribution in [0.5, 0.6) is 5.75 Å². The van der Waals surface area contributed by atoms with E-state index < -0.39 is 9.84 Å². The van der Waals surface area contributed by atoms with Crippen LogP contribution in [0.2, 0.25) is 0 Å². The fourth-order valence-corrected chi connectivity index (χ4v) is 6.75. The number of sulfone groups is 1. The Kier molecular flexibility index (Phi) is 5.86. The number of benzene rings is 1. The normalized spacial score (nSPS) is 17.2. The zero-order chi connectivity index (χ0) is 23.9. The average molecular weight is 497 g/mol. The summed E-state index contributed by atoms with van der Waals surface area (Å²) in [5.74, 6) is 1.23. The number of nitrogens with one attached hydrogen (secondary N) is 1. The van der Waals surface area contributed by atoms with Crippen LogP contribution in [0.4, 0.5) is 0 Å². The van der Waals surface area contributed by atoms with Gasteiger partial charge < -0.3 is 14.6 Å². The fraction of sp³-hybridized carbons (Fsp3) is 0.292. The molecule has 0 saturated carbocycles. The Morgan fingerprint density at radius 1 is 1.24 bits per heavy atom. The Balaban J connectivity index is 1.64. The predicted octanol–water partition coefficient (Wildman–Crippen LogP) is 3.77. The van der Waals surface area contributed by atoms with Crippen molar-refractivity contribution in [3.05, 3.63) is 64.2 Å². The van der Waals surface area contributed by atoms with Gasteiger partial charge >= 0.3 is 0 Å². The van der Waals surface area contributed by atoms with Crippen molar-refractivity contribution in [1.82, 2.24) is 19.9 Å². The van der Waals surface area contributed by atoms with E-state index in [1.807, 2.05) is 59.3 Å². The number of thiophene rings is 1. The first kappa shape index (κ1) is 22.5. The predicted molar refractivity (Wildman–Crippen MR) is 132 cm³/mol. The molecule has 1 N–H and O–H groups in total. The lowest BCUT2D eigenvalue weighted by molar-refractivity contribution is 0.0948. The molecular formula is C24H24N4O4S2. The summed E-state index contributed by atoms with van der Waals surface area (Å²) in [6.07, 6.45) is 0.519. The first-order valence-electron chi connectivity index (χ1n) is 10.9. The molecule has 1 aromatic carbocycles. The maximum absolute atomic E-state index is 13.3. The first-order chi connectivity index (χ1) is 16.3. The quantitative estimate of drug-likeness (QED) is 0.436. The zero-order valence-electron chi connectivity index (χ0n) is 18.8. The second-order valence-corrected chi connectivity index (χ2v) is 11.6. The number of nitrogens with zero attached hydrogens (tertiary/aromatic N) is 3. The number of hydrogen-bond donors (Lipinski definition) is 1. The first-order valence-corrected chi connectivity index (χ1v) is 13.6. The largest absolute Gasteiger partial charge is 0.497 e. The van der Waals surface area contributed by atoms with Gasteiger partial charge in [0, 0.05) is 10.4 Å². The highest BCUT2D eigenvalue weighted by Gasteiger charge is 2.32. The van der Waals surface area contributed by atoms with Crippen LogP contribution in [-0.2, 0) is 16.4 Å². The van der Waals surface area contributed by atoms with Gasteiger partial charge in [0.15, 0.2) is 15.5 Å². The van der Waals surface area contributed by atoms with Crippen LogP contribution in [-0.4, -0.2) is 47.5 Å². The van der Waals surface area contributed by atoms with Crippen molar-refractivity contribution < 1.29 is 17.9 Å². The fourth-order valence-electron chi connectivity index (χ4n) is 4.40. The highest BCUT2D eigenvalue weighted by Crippen LogP contribution is 2.33. The molecule has 1 atom stereocenters. The van der Waals surface area contributed by atoms with Gasteiger partial charge in [0.05, 0.1) is 42.4 Å². The van der Waals surface area contributed by atoms with Gasteiger partial charge in [0.25, 0.3) is 5.91 Å². The number of amides is 1. The number of methoxy groups -OCH3 is 1. The molecule has 0 radical (unpaired) electrons. The van der Waals surface area contributed by atoms with Gasteiger partial charge in [0.1, 0.15) is 17.1 Å². The molecule has 1 amide bonds. The van der Waals surface area contributed by atoms with Crippen LogP contribution in [0.3, 0.4) is 0 Å². The smallest absolute Gasteiger partial charge is 0.272 e. The Bertz CT molecular complexity index is 1480. The molecule has 4 aromatic rings. The summed E-state index contributed by atoms with van der Waals surface area (Å²) in [6.45, 7) is 2.23. The van der Waals surface area contributed by atoms with Crippen LogP contribution < -0.4 is 10.1 Å². The number of fused-ring (bicyclic) bond motifs is 1. The summed E-state index contributed by atoms with van der Waals surface area (Å²) >= 11 is 1.57. The molecule has 1 aliphatic rings. The molecule has 10 heteroatoms. The monoisotopic (exact) mass is 496 g/mol. The molecule has 0 spiro atoms. The summed E-state index contributed by atoms with van der Waals surface area (Å²) in [7, 11) is -1.50. The highest BCUT2D eigenvalue weighted by atomic mass is 32.2. The second-order valence-electron chi connectivity index (χ2n) is 8.30. The standard InChI is InChI=1S/C24H24N4O4S2/c1-15-26-22-21(28(15)17-8-10-34(30,31)14-17)12-20(16-5-3-6-18(11-16)32-2)27-23(22)24(29)25-13-19-7-4-9-33-19/h3-7,9,11-12,17H,8,10,13-14H2,1-2H3,(H,25,29). The number of carbonyl (C=O) groups is 1. The van der Waals surface area contributed by atoms with E-state index in [-0.39, 0.29) is 29.1 Å². The van der Waals surface area contributed by atoms with E-state index >= 15 is 0 Å². The third kappa shape index (κ3) is 4.30.